The van der Waals surface area contributed by atoms with Gasteiger partial charge in [0, 0.05) is 7.98 Å². The first-order chi connectivity index (χ1) is 6.86. The van der Waals surface area contributed by atoms with Crippen LogP contribution in [0.5, 0.6) is 0 Å². The summed E-state index contributed by atoms with van der Waals surface area (Å²) in [4.78, 5) is 0. The molecule has 0 heterocycles. The van der Waals surface area contributed by atoms with Crippen LogP contribution >= 0.6 is 0 Å². The van der Waals surface area contributed by atoms with Crippen LogP contribution in [0.2, 0.25) is 0 Å². The van der Waals surface area contributed by atoms with Crippen molar-refractivity contribution in [3.05, 3.63) is 42.0 Å². The molecule has 0 aliphatic carbocycles. The monoisotopic (exact) mass is 177 g/mol. The third kappa shape index (κ3) is 3.43. The molecule has 0 bridgehead atoms. The Hall–Kier alpha value is -1.08. The summed E-state index contributed by atoms with van der Waals surface area (Å²) in [6, 6.07) is 9.98. The second-order valence-electron chi connectivity index (χ2n) is 3.00. The summed E-state index contributed by atoms with van der Waals surface area (Å²) in [7, 11) is 0. The molecule has 0 aliphatic rings. The van der Waals surface area contributed by atoms with Crippen molar-refractivity contribution < 1.29 is 6.48 Å². The molecule has 0 fully saturated rings. The van der Waals surface area contributed by atoms with Crippen molar-refractivity contribution in [1.29, 1.82) is 0 Å². The summed E-state index contributed by atoms with van der Waals surface area (Å²) in [6.07, 6.45) is 4.69. The van der Waals surface area contributed by atoms with Crippen molar-refractivity contribution in [3.63, 3.8) is 0 Å². The smallest absolute Gasteiger partial charge is 0.0493 e. The number of rotatable bonds is 4. The lowest BCUT2D eigenvalue weighted by Gasteiger charge is -2.03. The van der Waals surface area contributed by atoms with E-state index in [1.807, 2.05) is 42.5 Å². The number of aliphatic hydroxyl groups excluding tert-OH is 1. The van der Waals surface area contributed by atoms with E-state index in [0.29, 0.717) is 6.90 Å². The van der Waals surface area contributed by atoms with Crippen LogP contribution in [0.3, 0.4) is 0 Å². The lowest BCUT2D eigenvalue weighted by atomic mass is 10.1. The molecule has 13 heavy (non-hydrogen) atoms. The Morgan fingerprint density at radius 3 is 2.85 bits per heavy atom. The predicted molar refractivity (Wildman–Crippen MR) is 56.3 cm³/mol. The van der Waals surface area contributed by atoms with Crippen LogP contribution in [0.25, 0.3) is 6.08 Å². The Balaban J connectivity index is 2.53. The first-order valence-corrected chi connectivity index (χ1v) is 4.50. The van der Waals surface area contributed by atoms with Gasteiger partial charge >= 0.3 is 0 Å². The van der Waals surface area contributed by atoms with E-state index >= 15 is 0 Å². The number of hydrogen-bond donors (Lipinski definition) is 1. The van der Waals surface area contributed by atoms with E-state index in [1.165, 1.54) is 0 Å². The van der Waals surface area contributed by atoms with Crippen molar-refractivity contribution in [2.75, 3.05) is 6.61 Å². The lowest BCUT2D eigenvalue weighted by molar-refractivity contribution is 0.250. The Bertz CT molecular complexity index is 269. The van der Waals surface area contributed by atoms with Crippen molar-refractivity contribution in [1.82, 2.24) is 0 Å². The molecule has 1 aromatic carbocycles. The predicted octanol–water partition coefficient (Wildman–Crippen LogP) is 2.72. The molecule has 70 valence electrons. The molecule has 0 aromatic heterocycles. The average molecular weight is 177 g/mol. The van der Waals surface area contributed by atoms with E-state index in [9.17, 15) is 0 Å². The molecule has 1 rings (SSSR count). The molecule has 1 nitrogen and oxygen atoms in total. The summed E-state index contributed by atoms with van der Waals surface area (Å²) < 4.78 is 7.07. The van der Waals surface area contributed by atoms with Crippen LogP contribution in [0.15, 0.2) is 36.4 Å². The second-order valence-corrected chi connectivity index (χ2v) is 3.00. The third-order valence-electron chi connectivity index (χ3n) is 1.97. The molecular formula is C12H16O. The minimum absolute atomic E-state index is 0.118. The quantitative estimate of drug-likeness (QED) is 0.749. The minimum Gasteiger partial charge on any atom is -0.396 e. The molecular weight excluding hydrogens is 160 g/mol. The highest BCUT2D eigenvalue weighted by atomic mass is 16.3. The zero-order chi connectivity index (χ0) is 10.2. The van der Waals surface area contributed by atoms with E-state index in [0.717, 1.165) is 12.0 Å². The van der Waals surface area contributed by atoms with Gasteiger partial charge in [-0.25, -0.2) is 0 Å². The molecule has 0 unspecified atom stereocenters. The fourth-order valence-electron chi connectivity index (χ4n) is 1.06. The standard InChI is InChI=1S/C12H16O/c1-2-11(10-13)8-9-12-6-4-3-5-7-12/h3-9,11,13H,2,10H2,1H3/b9-8+/t11-/m0/s1/i1D. The molecule has 1 aromatic rings. The third-order valence-corrected chi connectivity index (χ3v) is 1.97. The molecule has 0 radical (unpaired) electrons. The molecule has 1 N–H and O–H groups in total. The summed E-state index contributed by atoms with van der Waals surface area (Å²) in [6.45, 7) is 0.493. The van der Waals surface area contributed by atoms with Gasteiger partial charge in [0.15, 0.2) is 0 Å². The van der Waals surface area contributed by atoms with E-state index in [2.05, 4.69) is 0 Å². The van der Waals surface area contributed by atoms with Crippen LogP contribution in [0.4, 0.5) is 0 Å². The molecule has 0 saturated heterocycles. The van der Waals surface area contributed by atoms with Gasteiger partial charge < -0.3 is 5.11 Å². The summed E-state index contributed by atoms with van der Waals surface area (Å²) in [5.41, 5.74) is 1.14. The topological polar surface area (TPSA) is 20.2 Å². The zero-order valence-corrected chi connectivity index (χ0v) is 7.69. The summed E-state index contributed by atoms with van der Waals surface area (Å²) in [5.74, 6) is 0.118. The van der Waals surface area contributed by atoms with Crippen molar-refractivity contribution in [2.24, 2.45) is 5.92 Å². The Labute approximate surface area is 81.1 Å². The highest BCUT2D eigenvalue weighted by Gasteiger charge is 1.97. The van der Waals surface area contributed by atoms with E-state index in [-0.39, 0.29) is 12.5 Å². The van der Waals surface area contributed by atoms with Gasteiger partial charge in [-0.15, -0.1) is 0 Å². The Kier molecular flexibility index (Phi) is 3.63. The first kappa shape index (κ1) is 8.52. The van der Waals surface area contributed by atoms with Gasteiger partial charge in [0.05, 0.1) is 0 Å². The number of aliphatic hydroxyl groups is 1. The molecule has 1 heteroatoms. The summed E-state index contributed by atoms with van der Waals surface area (Å²) >= 11 is 0. The van der Waals surface area contributed by atoms with Gasteiger partial charge in [-0.1, -0.05) is 49.4 Å². The van der Waals surface area contributed by atoms with E-state index < -0.39 is 0 Å². The van der Waals surface area contributed by atoms with Gasteiger partial charge in [0.1, 0.15) is 0 Å². The molecule has 0 saturated carbocycles. The molecule has 0 amide bonds. The van der Waals surface area contributed by atoms with Gasteiger partial charge in [-0.3, -0.25) is 0 Å². The summed E-state index contributed by atoms with van der Waals surface area (Å²) in [5, 5.41) is 9.00. The highest BCUT2D eigenvalue weighted by Crippen LogP contribution is 2.07. The van der Waals surface area contributed by atoms with E-state index in [4.69, 9.17) is 6.48 Å². The van der Waals surface area contributed by atoms with Crippen LogP contribution in [0, 0.1) is 5.92 Å². The maximum absolute atomic E-state index is 9.00. The van der Waals surface area contributed by atoms with Gasteiger partial charge in [0.25, 0.3) is 0 Å². The lowest BCUT2D eigenvalue weighted by Crippen LogP contribution is -1.99. The SMILES string of the molecule is [2H]CC[C@@H](/C=C/c1ccccc1)CO. The van der Waals surface area contributed by atoms with Crippen molar-refractivity contribution in [2.45, 2.75) is 13.3 Å². The molecule has 1 atom stereocenters. The normalized spacial score (nSPS) is 14.4. The first-order valence-electron chi connectivity index (χ1n) is 5.21. The van der Waals surface area contributed by atoms with Gasteiger partial charge in [0.2, 0.25) is 0 Å². The van der Waals surface area contributed by atoms with Crippen molar-refractivity contribution in [3.8, 4) is 0 Å². The van der Waals surface area contributed by atoms with Crippen LogP contribution in [-0.2, 0) is 0 Å². The van der Waals surface area contributed by atoms with Gasteiger partial charge in [-0.05, 0) is 17.9 Å². The van der Waals surface area contributed by atoms with Crippen molar-refractivity contribution >= 4 is 6.08 Å². The zero-order valence-electron chi connectivity index (χ0n) is 8.69. The van der Waals surface area contributed by atoms with E-state index in [1.54, 1.807) is 0 Å². The number of hydrogen-bond acceptors (Lipinski definition) is 1. The minimum atomic E-state index is 0.118. The number of benzene rings is 1. The van der Waals surface area contributed by atoms with Crippen LogP contribution in [-0.4, -0.2) is 11.7 Å². The Morgan fingerprint density at radius 2 is 2.23 bits per heavy atom. The maximum Gasteiger partial charge on any atom is 0.0493 e. The maximum atomic E-state index is 9.00. The van der Waals surface area contributed by atoms with Gasteiger partial charge in [-0.2, -0.15) is 0 Å². The van der Waals surface area contributed by atoms with Crippen LogP contribution < -0.4 is 0 Å². The second kappa shape index (κ2) is 5.55. The fourth-order valence-corrected chi connectivity index (χ4v) is 1.06. The largest absolute Gasteiger partial charge is 0.396 e. The Morgan fingerprint density at radius 1 is 1.46 bits per heavy atom. The fraction of sp³-hybridized carbons (Fsp3) is 0.333. The molecule has 0 aliphatic heterocycles. The molecule has 0 spiro atoms. The average Bonchev–Trinajstić information content (AvgIpc) is 2.25. The van der Waals surface area contributed by atoms with Crippen LogP contribution in [0.1, 0.15) is 20.3 Å². The highest BCUT2D eigenvalue weighted by molar-refractivity contribution is 5.48.